The average molecular weight is 300 g/mol. The molecule has 1 aliphatic heterocycles. The van der Waals surface area contributed by atoms with Crippen molar-refractivity contribution in [3.05, 3.63) is 15.9 Å². The number of rotatable bonds is 1. The maximum absolute atomic E-state index is 12.4. The number of aromatic nitrogens is 2. The first-order valence-electron chi connectivity index (χ1n) is 6.02. The molecule has 2 rings (SSSR count). The first-order valence-corrected chi connectivity index (χ1v) is 6.81. The van der Waals surface area contributed by atoms with E-state index in [9.17, 15) is 4.79 Å². The molecule has 0 radical (unpaired) electrons. The number of carbonyl (C=O) groups excluding carboxylic acids is 1. The van der Waals surface area contributed by atoms with Crippen LogP contribution < -0.4 is 0 Å². The lowest BCUT2D eigenvalue weighted by Gasteiger charge is -2.32. The van der Waals surface area contributed by atoms with Gasteiger partial charge in [0.2, 0.25) is 0 Å². The number of amides is 1. The number of hydrogen-bond acceptors (Lipinski definition) is 2. The van der Waals surface area contributed by atoms with Crippen LogP contribution in [0.1, 0.15) is 42.4 Å². The maximum Gasteiger partial charge on any atom is 0.275 e. The summed E-state index contributed by atoms with van der Waals surface area (Å²) in [6.07, 6.45) is 3.40. The van der Waals surface area contributed by atoms with Crippen molar-refractivity contribution in [1.29, 1.82) is 0 Å². The number of piperidine rings is 1. The largest absolute Gasteiger partial charge is 0.335 e. The van der Waals surface area contributed by atoms with Crippen molar-refractivity contribution in [2.75, 3.05) is 6.54 Å². The van der Waals surface area contributed by atoms with Gasteiger partial charge in [0, 0.05) is 19.6 Å². The van der Waals surface area contributed by atoms with Crippen LogP contribution in [0.15, 0.2) is 4.47 Å². The van der Waals surface area contributed by atoms with E-state index in [1.54, 1.807) is 4.68 Å². The van der Waals surface area contributed by atoms with Crippen LogP contribution in [-0.4, -0.2) is 33.2 Å². The van der Waals surface area contributed by atoms with E-state index < -0.39 is 0 Å². The highest BCUT2D eigenvalue weighted by molar-refractivity contribution is 9.10. The number of likely N-dealkylation sites (tertiary alicyclic amines) is 1. The molecule has 0 saturated carbocycles. The summed E-state index contributed by atoms with van der Waals surface area (Å²) in [5.74, 6) is 0.0489. The quantitative estimate of drug-likeness (QED) is 0.799. The number of carbonyl (C=O) groups is 1. The van der Waals surface area contributed by atoms with E-state index in [1.807, 2.05) is 18.9 Å². The van der Waals surface area contributed by atoms with Gasteiger partial charge in [0.05, 0.1) is 10.2 Å². The smallest absolute Gasteiger partial charge is 0.275 e. The normalized spacial score (nSPS) is 20.7. The number of nitrogens with zero attached hydrogens (tertiary/aromatic N) is 3. The van der Waals surface area contributed by atoms with Gasteiger partial charge in [-0.15, -0.1) is 0 Å². The molecule has 94 valence electrons. The lowest BCUT2D eigenvalue weighted by molar-refractivity contribution is 0.0628. The van der Waals surface area contributed by atoms with E-state index in [4.69, 9.17) is 0 Å². The van der Waals surface area contributed by atoms with Crippen LogP contribution in [-0.2, 0) is 7.05 Å². The number of hydrogen-bond donors (Lipinski definition) is 0. The Kier molecular flexibility index (Phi) is 3.56. The molecule has 1 unspecified atom stereocenters. The van der Waals surface area contributed by atoms with E-state index in [0.717, 1.165) is 29.6 Å². The van der Waals surface area contributed by atoms with Gasteiger partial charge in [0.15, 0.2) is 5.69 Å². The molecule has 1 aromatic rings. The monoisotopic (exact) mass is 299 g/mol. The molecule has 0 spiro atoms. The zero-order chi connectivity index (χ0) is 12.6. The summed E-state index contributed by atoms with van der Waals surface area (Å²) < 4.78 is 2.56. The summed E-state index contributed by atoms with van der Waals surface area (Å²) in [6, 6.07) is 0.325. The summed E-state index contributed by atoms with van der Waals surface area (Å²) in [7, 11) is 1.86. The van der Waals surface area contributed by atoms with E-state index in [2.05, 4.69) is 28.0 Å². The Balaban J connectivity index is 2.27. The topological polar surface area (TPSA) is 38.1 Å². The van der Waals surface area contributed by atoms with Gasteiger partial charge in [-0.3, -0.25) is 9.48 Å². The maximum atomic E-state index is 12.4. The Hall–Kier alpha value is -0.840. The molecule has 1 aliphatic rings. The molecule has 0 aliphatic carbocycles. The van der Waals surface area contributed by atoms with Crippen molar-refractivity contribution in [3.8, 4) is 0 Å². The van der Waals surface area contributed by atoms with E-state index in [0.29, 0.717) is 11.7 Å². The van der Waals surface area contributed by atoms with Gasteiger partial charge in [-0.25, -0.2) is 0 Å². The van der Waals surface area contributed by atoms with Crippen LogP contribution in [0.25, 0.3) is 0 Å². The SMILES string of the molecule is Cc1c(Br)c(C(=O)N2CCCCC2C)nn1C. The fourth-order valence-electron chi connectivity index (χ4n) is 2.25. The fourth-order valence-corrected chi connectivity index (χ4v) is 2.76. The molecule has 0 aromatic carbocycles. The Morgan fingerprint density at radius 3 is 2.71 bits per heavy atom. The van der Waals surface area contributed by atoms with Crippen LogP contribution in [0.4, 0.5) is 0 Å². The summed E-state index contributed by atoms with van der Waals surface area (Å²) in [5, 5.41) is 4.30. The predicted molar refractivity (Wildman–Crippen MR) is 70.0 cm³/mol. The molecule has 0 N–H and O–H groups in total. The van der Waals surface area contributed by atoms with Crippen LogP contribution in [0.3, 0.4) is 0 Å². The molecule has 1 aromatic heterocycles. The molecule has 1 fully saturated rings. The highest BCUT2D eigenvalue weighted by Crippen LogP contribution is 2.24. The van der Waals surface area contributed by atoms with Crippen molar-refractivity contribution in [2.45, 2.75) is 39.2 Å². The third-order valence-corrected chi connectivity index (χ3v) is 4.48. The van der Waals surface area contributed by atoms with Gasteiger partial charge in [-0.1, -0.05) is 0 Å². The Bertz CT molecular complexity index is 441. The van der Waals surface area contributed by atoms with Gasteiger partial charge < -0.3 is 4.90 Å². The van der Waals surface area contributed by atoms with Gasteiger partial charge in [0.25, 0.3) is 5.91 Å². The van der Waals surface area contributed by atoms with E-state index >= 15 is 0 Å². The second-order valence-electron chi connectivity index (χ2n) is 4.71. The van der Waals surface area contributed by atoms with Crippen molar-refractivity contribution in [2.24, 2.45) is 7.05 Å². The van der Waals surface area contributed by atoms with Gasteiger partial charge in [0.1, 0.15) is 0 Å². The second-order valence-corrected chi connectivity index (χ2v) is 5.51. The highest BCUT2D eigenvalue weighted by atomic mass is 79.9. The minimum absolute atomic E-state index is 0.0489. The third kappa shape index (κ3) is 2.25. The van der Waals surface area contributed by atoms with Crippen LogP contribution in [0.2, 0.25) is 0 Å². The van der Waals surface area contributed by atoms with Gasteiger partial charge >= 0.3 is 0 Å². The average Bonchev–Trinajstić information content (AvgIpc) is 2.57. The fraction of sp³-hybridized carbons (Fsp3) is 0.667. The third-order valence-electron chi connectivity index (χ3n) is 3.53. The van der Waals surface area contributed by atoms with Crippen molar-refractivity contribution < 1.29 is 4.79 Å². The molecule has 1 saturated heterocycles. The van der Waals surface area contributed by atoms with Crippen molar-refractivity contribution in [3.63, 3.8) is 0 Å². The van der Waals surface area contributed by atoms with Gasteiger partial charge in [-0.05, 0) is 49.0 Å². The van der Waals surface area contributed by atoms with Crippen molar-refractivity contribution in [1.82, 2.24) is 14.7 Å². The Morgan fingerprint density at radius 1 is 1.47 bits per heavy atom. The number of aryl methyl sites for hydroxylation is 1. The molecule has 5 heteroatoms. The first kappa shape index (κ1) is 12.6. The number of halogens is 1. The summed E-state index contributed by atoms with van der Waals surface area (Å²) >= 11 is 3.46. The summed E-state index contributed by atoms with van der Waals surface area (Å²) in [5.41, 5.74) is 1.52. The molecule has 1 atom stereocenters. The predicted octanol–water partition coefficient (Wildman–Crippen LogP) is 2.51. The molecule has 1 amide bonds. The molecule has 4 nitrogen and oxygen atoms in total. The first-order chi connectivity index (χ1) is 8.02. The van der Waals surface area contributed by atoms with Gasteiger partial charge in [-0.2, -0.15) is 5.10 Å². The summed E-state index contributed by atoms with van der Waals surface area (Å²) in [6.45, 7) is 4.91. The van der Waals surface area contributed by atoms with Crippen LogP contribution in [0.5, 0.6) is 0 Å². The molecular weight excluding hydrogens is 282 g/mol. The molecule has 0 bridgehead atoms. The van der Waals surface area contributed by atoms with Crippen LogP contribution in [0, 0.1) is 6.92 Å². The molecule has 2 heterocycles. The minimum Gasteiger partial charge on any atom is -0.335 e. The molecule has 17 heavy (non-hydrogen) atoms. The Morgan fingerprint density at radius 2 is 2.18 bits per heavy atom. The minimum atomic E-state index is 0.0489. The zero-order valence-corrected chi connectivity index (χ0v) is 12.1. The molecular formula is C12H18BrN3O. The lowest BCUT2D eigenvalue weighted by atomic mass is 10.0. The second kappa shape index (κ2) is 4.80. The lowest BCUT2D eigenvalue weighted by Crippen LogP contribution is -2.42. The Labute approximate surface area is 110 Å². The summed E-state index contributed by atoms with van der Waals surface area (Å²) in [4.78, 5) is 14.4. The standard InChI is InChI=1S/C12H18BrN3O/c1-8-6-4-5-7-16(8)12(17)11-10(13)9(2)15(3)14-11/h8H,4-7H2,1-3H3. The zero-order valence-electron chi connectivity index (χ0n) is 10.5. The van der Waals surface area contributed by atoms with Crippen molar-refractivity contribution >= 4 is 21.8 Å². The van der Waals surface area contributed by atoms with Crippen LogP contribution >= 0.6 is 15.9 Å². The van der Waals surface area contributed by atoms with E-state index in [-0.39, 0.29) is 5.91 Å². The highest BCUT2D eigenvalue weighted by Gasteiger charge is 2.28. The van der Waals surface area contributed by atoms with E-state index in [1.165, 1.54) is 6.42 Å².